The summed E-state index contributed by atoms with van der Waals surface area (Å²) in [6.45, 7) is 3.65. The zero-order valence-electron chi connectivity index (χ0n) is 11.8. The number of benzene rings is 2. The fourth-order valence-electron chi connectivity index (χ4n) is 1.86. The molecule has 116 valence electrons. The van der Waals surface area contributed by atoms with Crippen LogP contribution < -0.4 is 4.72 Å². The zero-order valence-corrected chi connectivity index (χ0v) is 13.4. The number of hydrogen-bond acceptors (Lipinski definition) is 4. The molecule has 2 rings (SSSR count). The van der Waals surface area contributed by atoms with Crippen molar-refractivity contribution in [1.82, 2.24) is 0 Å². The molecular formula is C14H13ClN2O4S. The third kappa shape index (κ3) is 3.20. The van der Waals surface area contributed by atoms with Gasteiger partial charge in [0.25, 0.3) is 15.7 Å². The van der Waals surface area contributed by atoms with Crippen LogP contribution in [0, 0.1) is 24.0 Å². The first kappa shape index (κ1) is 16.3. The van der Waals surface area contributed by atoms with Gasteiger partial charge in [-0.15, -0.1) is 0 Å². The summed E-state index contributed by atoms with van der Waals surface area (Å²) in [5, 5.41) is 10.7. The Morgan fingerprint density at radius 2 is 1.86 bits per heavy atom. The lowest BCUT2D eigenvalue weighted by atomic mass is 10.1. The van der Waals surface area contributed by atoms with Crippen LogP contribution in [0.2, 0.25) is 5.02 Å². The average molecular weight is 341 g/mol. The number of nitrogens with zero attached hydrogens (tertiary/aromatic N) is 1. The van der Waals surface area contributed by atoms with E-state index in [1.54, 1.807) is 19.1 Å². The first-order valence-electron chi connectivity index (χ1n) is 6.25. The Morgan fingerprint density at radius 1 is 1.18 bits per heavy atom. The lowest BCUT2D eigenvalue weighted by Crippen LogP contribution is -2.14. The first-order valence-corrected chi connectivity index (χ1v) is 8.11. The van der Waals surface area contributed by atoms with Crippen LogP contribution in [0.15, 0.2) is 41.3 Å². The number of nitro benzene ring substituents is 1. The number of rotatable bonds is 4. The van der Waals surface area contributed by atoms with Crippen molar-refractivity contribution in [3.63, 3.8) is 0 Å². The van der Waals surface area contributed by atoms with E-state index in [9.17, 15) is 18.5 Å². The number of hydrogen-bond donors (Lipinski definition) is 1. The largest absolute Gasteiger partial charge is 0.289 e. The highest BCUT2D eigenvalue weighted by Gasteiger charge is 2.21. The third-order valence-electron chi connectivity index (χ3n) is 3.27. The van der Waals surface area contributed by atoms with Gasteiger partial charge in [0, 0.05) is 6.07 Å². The normalized spacial score (nSPS) is 11.2. The Labute approximate surface area is 132 Å². The Morgan fingerprint density at radius 3 is 2.50 bits per heavy atom. The molecule has 6 nitrogen and oxygen atoms in total. The Kier molecular flexibility index (Phi) is 4.39. The van der Waals surface area contributed by atoms with Gasteiger partial charge in [-0.25, -0.2) is 8.42 Å². The van der Waals surface area contributed by atoms with Crippen LogP contribution >= 0.6 is 11.6 Å². The van der Waals surface area contributed by atoms with Crippen LogP contribution in [0.4, 0.5) is 11.4 Å². The SMILES string of the molecule is Cc1cccc(NS(=O)(=O)c2ccc(Cl)c([N+](=O)[O-])c2)c1C. The predicted molar refractivity (Wildman–Crippen MR) is 84.8 cm³/mol. The fourth-order valence-corrected chi connectivity index (χ4v) is 3.19. The summed E-state index contributed by atoms with van der Waals surface area (Å²) in [5.74, 6) is 0. The summed E-state index contributed by atoms with van der Waals surface area (Å²) < 4.78 is 27.2. The topological polar surface area (TPSA) is 89.3 Å². The van der Waals surface area contributed by atoms with Crippen molar-refractivity contribution in [2.45, 2.75) is 18.7 Å². The molecule has 0 aliphatic rings. The van der Waals surface area contributed by atoms with Crippen molar-refractivity contribution in [3.8, 4) is 0 Å². The van der Waals surface area contributed by atoms with Crippen molar-refractivity contribution in [2.75, 3.05) is 4.72 Å². The number of nitrogens with one attached hydrogen (secondary N) is 1. The molecule has 0 heterocycles. The van der Waals surface area contributed by atoms with Crippen molar-refractivity contribution < 1.29 is 13.3 Å². The van der Waals surface area contributed by atoms with E-state index < -0.39 is 20.6 Å². The molecule has 0 bridgehead atoms. The van der Waals surface area contributed by atoms with Gasteiger partial charge in [-0.3, -0.25) is 14.8 Å². The number of anilines is 1. The van der Waals surface area contributed by atoms with Gasteiger partial charge in [-0.2, -0.15) is 0 Å². The fraction of sp³-hybridized carbons (Fsp3) is 0.143. The Bertz CT molecular complexity index is 850. The molecule has 0 radical (unpaired) electrons. The van der Waals surface area contributed by atoms with Crippen LogP contribution in [0.5, 0.6) is 0 Å². The molecular weight excluding hydrogens is 328 g/mol. The van der Waals surface area contributed by atoms with E-state index in [-0.39, 0.29) is 9.92 Å². The molecule has 2 aromatic rings. The van der Waals surface area contributed by atoms with E-state index in [1.807, 2.05) is 13.0 Å². The molecule has 0 fully saturated rings. The van der Waals surface area contributed by atoms with Crippen LogP contribution in [0.25, 0.3) is 0 Å². The minimum absolute atomic E-state index is 0.115. The summed E-state index contributed by atoms with van der Waals surface area (Å²) in [6.07, 6.45) is 0. The number of aryl methyl sites for hydroxylation is 1. The van der Waals surface area contributed by atoms with Crippen molar-refractivity contribution in [2.24, 2.45) is 0 Å². The first-order chi connectivity index (χ1) is 10.2. The third-order valence-corrected chi connectivity index (χ3v) is 4.96. The van der Waals surface area contributed by atoms with Gasteiger partial charge in [-0.05, 0) is 43.2 Å². The van der Waals surface area contributed by atoms with Gasteiger partial charge < -0.3 is 0 Å². The van der Waals surface area contributed by atoms with Crippen LogP contribution in [0.1, 0.15) is 11.1 Å². The maximum absolute atomic E-state index is 12.4. The minimum Gasteiger partial charge on any atom is -0.279 e. The lowest BCUT2D eigenvalue weighted by Gasteiger charge is -2.12. The van der Waals surface area contributed by atoms with Gasteiger partial charge in [0.2, 0.25) is 0 Å². The molecule has 0 unspecified atom stereocenters. The van der Waals surface area contributed by atoms with E-state index in [0.29, 0.717) is 5.69 Å². The monoisotopic (exact) mass is 340 g/mol. The molecule has 1 N–H and O–H groups in total. The number of sulfonamides is 1. The molecule has 0 saturated carbocycles. The molecule has 0 amide bonds. The highest BCUT2D eigenvalue weighted by atomic mass is 35.5. The number of halogens is 1. The molecule has 2 aromatic carbocycles. The molecule has 0 saturated heterocycles. The smallest absolute Gasteiger partial charge is 0.279 e. The lowest BCUT2D eigenvalue weighted by molar-refractivity contribution is -0.384. The summed E-state index contributed by atoms with van der Waals surface area (Å²) in [4.78, 5) is 9.92. The second-order valence-electron chi connectivity index (χ2n) is 4.72. The average Bonchev–Trinajstić information content (AvgIpc) is 2.43. The molecule has 8 heteroatoms. The second-order valence-corrected chi connectivity index (χ2v) is 6.81. The van der Waals surface area contributed by atoms with Gasteiger partial charge in [0.15, 0.2) is 0 Å². The van der Waals surface area contributed by atoms with E-state index in [2.05, 4.69) is 4.72 Å². The van der Waals surface area contributed by atoms with Crippen molar-refractivity contribution in [1.29, 1.82) is 0 Å². The Hall–Kier alpha value is -2.12. The molecule has 0 atom stereocenters. The molecule has 0 spiro atoms. The summed E-state index contributed by atoms with van der Waals surface area (Å²) >= 11 is 5.69. The maximum Gasteiger partial charge on any atom is 0.289 e. The molecule has 0 aliphatic carbocycles. The predicted octanol–water partition coefficient (Wildman–Crippen LogP) is 3.67. The summed E-state index contributed by atoms with van der Waals surface area (Å²) in [7, 11) is -3.94. The molecule has 0 aromatic heterocycles. The van der Waals surface area contributed by atoms with E-state index in [0.717, 1.165) is 17.2 Å². The van der Waals surface area contributed by atoms with Crippen LogP contribution in [0.3, 0.4) is 0 Å². The van der Waals surface area contributed by atoms with E-state index in [4.69, 9.17) is 11.6 Å². The van der Waals surface area contributed by atoms with Crippen LogP contribution in [-0.2, 0) is 10.0 Å². The number of nitro groups is 1. The minimum atomic E-state index is -3.94. The van der Waals surface area contributed by atoms with Gasteiger partial charge in [0.05, 0.1) is 15.5 Å². The standard InChI is InChI=1S/C14H13ClN2O4S/c1-9-4-3-5-13(10(9)2)16-22(20,21)11-6-7-12(15)14(8-11)17(18)19/h3-8,16H,1-2H3. The Balaban J connectivity index is 2.45. The summed E-state index contributed by atoms with van der Waals surface area (Å²) in [6, 6.07) is 8.57. The van der Waals surface area contributed by atoms with Crippen molar-refractivity contribution in [3.05, 3.63) is 62.7 Å². The maximum atomic E-state index is 12.4. The highest BCUT2D eigenvalue weighted by molar-refractivity contribution is 7.92. The van der Waals surface area contributed by atoms with E-state index >= 15 is 0 Å². The van der Waals surface area contributed by atoms with E-state index in [1.165, 1.54) is 12.1 Å². The quantitative estimate of drug-likeness (QED) is 0.679. The van der Waals surface area contributed by atoms with Crippen molar-refractivity contribution >= 4 is 33.0 Å². The van der Waals surface area contributed by atoms with Gasteiger partial charge in [0.1, 0.15) is 5.02 Å². The zero-order chi connectivity index (χ0) is 16.5. The second kappa shape index (κ2) is 5.94. The highest BCUT2D eigenvalue weighted by Crippen LogP contribution is 2.28. The van der Waals surface area contributed by atoms with Gasteiger partial charge >= 0.3 is 0 Å². The summed E-state index contributed by atoms with van der Waals surface area (Å²) in [5.41, 5.74) is 1.69. The van der Waals surface area contributed by atoms with Gasteiger partial charge in [-0.1, -0.05) is 23.7 Å². The molecule has 0 aliphatic heterocycles. The molecule has 22 heavy (non-hydrogen) atoms. The van der Waals surface area contributed by atoms with Crippen LogP contribution in [-0.4, -0.2) is 13.3 Å².